The molecular formula is C15H21N. The number of nitrogens with one attached hydrogen (secondary N) is 1. The number of fused-ring (bicyclic) bond motifs is 2. The van der Waals surface area contributed by atoms with E-state index in [-0.39, 0.29) is 0 Å². The van der Waals surface area contributed by atoms with E-state index in [1.54, 1.807) is 5.56 Å². The van der Waals surface area contributed by atoms with E-state index in [0.29, 0.717) is 0 Å². The molecule has 0 saturated heterocycles. The molecule has 1 saturated carbocycles. The summed E-state index contributed by atoms with van der Waals surface area (Å²) in [6.45, 7) is 4.47. The quantitative estimate of drug-likeness (QED) is 0.693. The topological polar surface area (TPSA) is 12.0 Å². The van der Waals surface area contributed by atoms with Crippen LogP contribution in [0.1, 0.15) is 42.4 Å². The second-order valence-electron chi connectivity index (χ2n) is 5.54. The largest absolute Gasteiger partial charge is 0.382 e. The Morgan fingerprint density at radius 3 is 2.81 bits per heavy atom. The maximum atomic E-state index is 3.81. The summed E-state index contributed by atoms with van der Waals surface area (Å²) in [5.41, 5.74) is 5.87. The van der Waals surface area contributed by atoms with Crippen molar-refractivity contribution in [1.29, 1.82) is 0 Å². The van der Waals surface area contributed by atoms with E-state index in [0.717, 1.165) is 12.0 Å². The SMILES string of the molecule is Cc1ccc2c(c1C)NC1CCCCC1C2. The van der Waals surface area contributed by atoms with Crippen molar-refractivity contribution in [3.05, 3.63) is 28.8 Å². The van der Waals surface area contributed by atoms with Gasteiger partial charge in [0.1, 0.15) is 0 Å². The fraction of sp³-hybridized carbons (Fsp3) is 0.600. The Morgan fingerprint density at radius 2 is 1.94 bits per heavy atom. The van der Waals surface area contributed by atoms with Crippen LogP contribution in [0.2, 0.25) is 0 Å². The first-order valence-corrected chi connectivity index (χ1v) is 6.61. The summed E-state index contributed by atoms with van der Waals surface area (Å²) < 4.78 is 0. The molecule has 0 aromatic heterocycles. The lowest BCUT2D eigenvalue weighted by Crippen LogP contribution is -2.37. The van der Waals surface area contributed by atoms with Gasteiger partial charge in [0, 0.05) is 11.7 Å². The molecule has 16 heavy (non-hydrogen) atoms. The standard InChI is InChI=1S/C15H21N/c1-10-7-8-13-9-12-5-3-4-6-14(12)16-15(13)11(10)2/h7-8,12,14,16H,3-6,9H2,1-2H3. The summed E-state index contributed by atoms with van der Waals surface area (Å²) in [7, 11) is 0. The molecular weight excluding hydrogens is 194 g/mol. The van der Waals surface area contributed by atoms with E-state index in [1.807, 2.05) is 0 Å². The van der Waals surface area contributed by atoms with Crippen LogP contribution in [0.25, 0.3) is 0 Å². The monoisotopic (exact) mass is 215 g/mol. The highest BCUT2D eigenvalue weighted by Gasteiger charge is 2.30. The smallest absolute Gasteiger partial charge is 0.0407 e. The summed E-state index contributed by atoms with van der Waals surface area (Å²) in [6, 6.07) is 5.36. The Labute approximate surface area is 98.3 Å². The number of benzene rings is 1. The molecule has 2 aliphatic rings. The lowest BCUT2D eigenvalue weighted by Gasteiger charge is -2.39. The third kappa shape index (κ3) is 1.53. The van der Waals surface area contributed by atoms with Crippen molar-refractivity contribution < 1.29 is 0 Å². The van der Waals surface area contributed by atoms with E-state index in [2.05, 4.69) is 31.3 Å². The van der Waals surface area contributed by atoms with E-state index >= 15 is 0 Å². The molecule has 1 heterocycles. The van der Waals surface area contributed by atoms with Gasteiger partial charge in [0.25, 0.3) is 0 Å². The molecule has 1 aromatic carbocycles. The van der Waals surface area contributed by atoms with Crippen molar-refractivity contribution in [2.24, 2.45) is 5.92 Å². The molecule has 1 aliphatic carbocycles. The van der Waals surface area contributed by atoms with E-state index in [9.17, 15) is 0 Å². The lowest BCUT2D eigenvalue weighted by molar-refractivity contribution is 0.315. The minimum Gasteiger partial charge on any atom is -0.382 e. The zero-order valence-electron chi connectivity index (χ0n) is 10.3. The molecule has 0 spiro atoms. The Morgan fingerprint density at radius 1 is 1.12 bits per heavy atom. The first-order chi connectivity index (χ1) is 7.75. The molecule has 1 fully saturated rings. The zero-order chi connectivity index (χ0) is 11.1. The molecule has 1 heteroatoms. The molecule has 2 atom stereocenters. The summed E-state index contributed by atoms with van der Waals surface area (Å²) >= 11 is 0. The lowest BCUT2D eigenvalue weighted by atomic mass is 9.77. The van der Waals surface area contributed by atoms with Crippen LogP contribution in [-0.4, -0.2) is 6.04 Å². The number of rotatable bonds is 0. The van der Waals surface area contributed by atoms with Crippen LogP contribution in [-0.2, 0) is 6.42 Å². The summed E-state index contributed by atoms with van der Waals surface area (Å²) in [5, 5.41) is 3.81. The van der Waals surface area contributed by atoms with Gasteiger partial charge in [0.2, 0.25) is 0 Å². The minimum absolute atomic E-state index is 0.752. The second kappa shape index (κ2) is 3.80. The van der Waals surface area contributed by atoms with Gasteiger partial charge in [-0.25, -0.2) is 0 Å². The Balaban J connectivity index is 1.98. The maximum absolute atomic E-state index is 3.81. The van der Waals surface area contributed by atoms with Gasteiger partial charge in [-0.05, 0) is 55.7 Å². The van der Waals surface area contributed by atoms with Gasteiger partial charge in [0.15, 0.2) is 0 Å². The molecule has 0 amide bonds. The third-order valence-corrected chi connectivity index (χ3v) is 4.54. The van der Waals surface area contributed by atoms with Crippen LogP contribution >= 0.6 is 0 Å². The average molecular weight is 215 g/mol. The summed E-state index contributed by atoms with van der Waals surface area (Å²) in [4.78, 5) is 0. The fourth-order valence-electron chi connectivity index (χ4n) is 3.35. The van der Waals surface area contributed by atoms with Crippen LogP contribution in [0.4, 0.5) is 5.69 Å². The highest BCUT2D eigenvalue weighted by molar-refractivity contribution is 5.62. The second-order valence-corrected chi connectivity index (χ2v) is 5.54. The Bertz CT molecular complexity index is 408. The highest BCUT2D eigenvalue weighted by atomic mass is 14.9. The predicted molar refractivity (Wildman–Crippen MR) is 69.0 cm³/mol. The van der Waals surface area contributed by atoms with Gasteiger partial charge in [-0.3, -0.25) is 0 Å². The molecule has 0 bridgehead atoms. The van der Waals surface area contributed by atoms with Crippen molar-refractivity contribution in [2.75, 3.05) is 5.32 Å². The summed E-state index contributed by atoms with van der Waals surface area (Å²) in [6.07, 6.45) is 6.94. The van der Waals surface area contributed by atoms with Crippen molar-refractivity contribution in [3.63, 3.8) is 0 Å². The molecule has 1 aromatic rings. The number of anilines is 1. The van der Waals surface area contributed by atoms with E-state index in [1.165, 1.54) is 48.9 Å². The van der Waals surface area contributed by atoms with Crippen LogP contribution < -0.4 is 5.32 Å². The number of hydrogen-bond donors (Lipinski definition) is 1. The molecule has 0 radical (unpaired) electrons. The maximum Gasteiger partial charge on any atom is 0.0407 e. The van der Waals surface area contributed by atoms with Crippen LogP contribution in [0, 0.1) is 19.8 Å². The van der Waals surface area contributed by atoms with Gasteiger partial charge in [0.05, 0.1) is 0 Å². The molecule has 1 N–H and O–H groups in total. The molecule has 86 valence electrons. The molecule has 1 aliphatic heterocycles. The van der Waals surface area contributed by atoms with E-state index < -0.39 is 0 Å². The zero-order valence-corrected chi connectivity index (χ0v) is 10.3. The Hall–Kier alpha value is -0.980. The van der Waals surface area contributed by atoms with Gasteiger partial charge in [-0.15, -0.1) is 0 Å². The highest BCUT2D eigenvalue weighted by Crippen LogP contribution is 2.38. The molecule has 1 nitrogen and oxygen atoms in total. The van der Waals surface area contributed by atoms with Gasteiger partial charge in [-0.2, -0.15) is 0 Å². The van der Waals surface area contributed by atoms with Crippen LogP contribution in [0.3, 0.4) is 0 Å². The van der Waals surface area contributed by atoms with E-state index in [4.69, 9.17) is 0 Å². The van der Waals surface area contributed by atoms with Crippen molar-refractivity contribution in [2.45, 2.75) is 52.0 Å². The van der Waals surface area contributed by atoms with Crippen molar-refractivity contribution >= 4 is 5.69 Å². The van der Waals surface area contributed by atoms with Gasteiger partial charge < -0.3 is 5.32 Å². The Kier molecular flexibility index (Phi) is 2.42. The van der Waals surface area contributed by atoms with Crippen LogP contribution in [0.5, 0.6) is 0 Å². The van der Waals surface area contributed by atoms with Crippen molar-refractivity contribution in [3.8, 4) is 0 Å². The van der Waals surface area contributed by atoms with Crippen LogP contribution in [0.15, 0.2) is 12.1 Å². The first kappa shape index (κ1) is 10.2. The van der Waals surface area contributed by atoms with Gasteiger partial charge in [-0.1, -0.05) is 25.0 Å². The fourth-order valence-corrected chi connectivity index (χ4v) is 3.35. The van der Waals surface area contributed by atoms with Crippen molar-refractivity contribution in [1.82, 2.24) is 0 Å². The molecule has 2 unspecified atom stereocenters. The first-order valence-electron chi connectivity index (χ1n) is 6.61. The third-order valence-electron chi connectivity index (χ3n) is 4.54. The minimum atomic E-state index is 0.752. The summed E-state index contributed by atoms with van der Waals surface area (Å²) in [5.74, 6) is 0.892. The normalized spacial score (nSPS) is 27.9. The number of hydrogen-bond acceptors (Lipinski definition) is 1. The average Bonchev–Trinajstić information content (AvgIpc) is 2.32. The molecule has 3 rings (SSSR count). The van der Waals surface area contributed by atoms with Gasteiger partial charge >= 0.3 is 0 Å². The predicted octanol–water partition coefficient (Wildman–Crippen LogP) is 3.83. The number of aryl methyl sites for hydroxylation is 1.